The molecular weight excluding hydrogens is 246 g/mol. The van der Waals surface area contributed by atoms with E-state index < -0.39 is 21.8 Å². The van der Waals surface area contributed by atoms with Gasteiger partial charge in [0.2, 0.25) is 0 Å². The molecule has 0 saturated heterocycles. The summed E-state index contributed by atoms with van der Waals surface area (Å²) in [6.45, 7) is 3.61. The van der Waals surface area contributed by atoms with E-state index >= 15 is 0 Å². The quantitative estimate of drug-likeness (QED) is 0.610. The predicted molar refractivity (Wildman–Crippen MR) is 62.4 cm³/mol. The third kappa shape index (κ3) is 4.14. The molecule has 0 bridgehead atoms. The highest BCUT2D eigenvalue weighted by atomic mass is 32.2. The highest BCUT2D eigenvalue weighted by Crippen LogP contribution is 2.39. The van der Waals surface area contributed by atoms with Gasteiger partial charge in [-0.1, -0.05) is 0 Å². The van der Waals surface area contributed by atoms with E-state index in [9.17, 15) is 13.2 Å². The SMILES string of the molecule is CCOC(=O)NS(=O)(=O)NC(C)(CN)C1CC1. The molecular formula is C9H19N3O4S. The number of rotatable bonds is 6. The average molecular weight is 265 g/mol. The van der Waals surface area contributed by atoms with E-state index in [2.05, 4.69) is 9.46 Å². The minimum Gasteiger partial charge on any atom is -0.449 e. The van der Waals surface area contributed by atoms with E-state index in [0.717, 1.165) is 12.8 Å². The Labute approximate surface area is 101 Å². The molecule has 1 aliphatic rings. The molecule has 1 amide bonds. The van der Waals surface area contributed by atoms with Gasteiger partial charge in [-0.2, -0.15) is 13.1 Å². The van der Waals surface area contributed by atoms with Crippen LogP contribution in [0, 0.1) is 5.92 Å². The lowest BCUT2D eigenvalue weighted by atomic mass is 9.98. The van der Waals surface area contributed by atoms with Gasteiger partial charge in [0.15, 0.2) is 0 Å². The van der Waals surface area contributed by atoms with Gasteiger partial charge >= 0.3 is 16.3 Å². The van der Waals surface area contributed by atoms with Gasteiger partial charge in [-0.05, 0) is 32.6 Å². The fourth-order valence-corrected chi connectivity index (χ4v) is 2.81. The Bertz CT molecular complexity index is 380. The van der Waals surface area contributed by atoms with Crippen molar-refractivity contribution >= 4 is 16.3 Å². The second-order valence-corrected chi connectivity index (χ2v) is 5.74. The summed E-state index contributed by atoms with van der Waals surface area (Å²) in [5.74, 6) is 0.228. The van der Waals surface area contributed by atoms with Crippen LogP contribution in [0.3, 0.4) is 0 Å². The van der Waals surface area contributed by atoms with Crippen LogP contribution < -0.4 is 15.2 Å². The Morgan fingerprint density at radius 3 is 2.53 bits per heavy atom. The first kappa shape index (κ1) is 14.2. The zero-order chi connectivity index (χ0) is 13.1. The van der Waals surface area contributed by atoms with E-state index in [1.165, 1.54) is 0 Å². The van der Waals surface area contributed by atoms with Gasteiger partial charge in [-0.15, -0.1) is 0 Å². The first-order valence-electron chi connectivity index (χ1n) is 5.51. The number of carbonyl (C=O) groups is 1. The van der Waals surface area contributed by atoms with Crippen molar-refractivity contribution in [2.45, 2.75) is 32.2 Å². The van der Waals surface area contributed by atoms with E-state index in [4.69, 9.17) is 5.73 Å². The molecule has 1 unspecified atom stereocenters. The number of hydrogen-bond donors (Lipinski definition) is 3. The molecule has 4 N–H and O–H groups in total. The first-order valence-corrected chi connectivity index (χ1v) is 7.00. The van der Waals surface area contributed by atoms with Crippen LogP contribution in [0.5, 0.6) is 0 Å². The third-order valence-electron chi connectivity index (χ3n) is 2.76. The third-order valence-corrected chi connectivity index (χ3v) is 3.93. The standard InChI is InChI=1S/C9H19N3O4S/c1-3-16-8(13)11-17(14,15)12-9(2,6-10)7-4-5-7/h7,12H,3-6,10H2,1-2H3,(H,11,13). The van der Waals surface area contributed by atoms with Crippen LogP contribution >= 0.6 is 0 Å². The van der Waals surface area contributed by atoms with Gasteiger partial charge < -0.3 is 10.5 Å². The average Bonchev–Trinajstić information content (AvgIpc) is 2.99. The molecule has 8 heteroatoms. The van der Waals surface area contributed by atoms with Crippen LogP contribution in [0.15, 0.2) is 0 Å². The van der Waals surface area contributed by atoms with E-state index in [1.807, 2.05) is 0 Å². The Morgan fingerprint density at radius 2 is 2.12 bits per heavy atom. The summed E-state index contributed by atoms with van der Waals surface area (Å²) >= 11 is 0. The summed E-state index contributed by atoms with van der Waals surface area (Å²) in [5.41, 5.74) is 4.86. The summed E-state index contributed by atoms with van der Waals surface area (Å²) in [7, 11) is -3.93. The van der Waals surface area contributed by atoms with Crippen LogP contribution in [-0.2, 0) is 14.9 Å². The fourth-order valence-electron chi connectivity index (χ4n) is 1.61. The lowest BCUT2D eigenvalue weighted by molar-refractivity contribution is 0.158. The van der Waals surface area contributed by atoms with Crippen molar-refractivity contribution in [1.82, 2.24) is 9.44 Å². The molecule has 100 valence electrons. The molecule has 7 nitrogen and oxygen atoms in total. The maximum Gasteiger partial charge on any atom is 0.421 e. The maximum atomic E-state index is 11.6. The zero-order valence-corrected chi connectivity index (χ0v) is 10.8. The normalized spacial score (nSPS) is 19.5. The molecule has 0 aromatic heterocycles. The lowest BCUT2D eigenvalue weighted by Gasteiger charge is -2.28. The zero-order valence-electron chi connectivity index (χ0n) is 10.0. The van der Waals surface area contributed by atoms with E-state index in [0.29, 0.717) is 0 Å². The Balaban J connectivity index is 2.61. The van der Waals surface area contributed by atoms with E-state index in [-0.39, 0.29) is 19.1 Å². The summed E-state index contributed by atoms with van der Waals surface area (Å²) in [4.78, 5) is 11.0. The van der Waals surface area contributed by atoms with E-state index in [1.54, 1.807) is 18.6 Å². The maximum absolute atomic E-state index is 11.6. The molecule has 1 fully saturated rings. The second kappa shape index (κ2) is 5.19. The van der Waals surface area contributed by atoms with Gasteiger partial charge in [0.05, 0.1) is 6.61 Å². The lowest BCUT2D eigenvalue weighted by Crippen LogP contribution is -2.56. The summed E-state index contributed by atoms with van der Waals surface area (Å²) in [5, 5.41) is 0. The second-order valence-electron chi connectivity index (χ2n) is 4.32. The molecule has 1 aliphatic carbocycles. The fraction of sp³-hybridized carbons (Fsp3) is 0.889. The molecule has 0 aromatic rings. The largest absolute Gasteiger partial charge is 0.449 e. The number of hydrogen-bond acceptors (Lipinski definition) is 5. The predicted octanol–water partition coefficient (Wildman–Crippen LogP) is -0.306. The first-order chi connectivity index (χ1) is 7.83. The van der Waals surface area contributed by atoms with Crippen LogP contribution in [0.2, 0.25) is 0 Å². The Kier molecular flexibility index (Phi) is 4.34. The van der Waals surface area contributed by atoms with Crippen LogP contribution in [0.1, 0.15) is 26.7 Å². The topological polar surface area (TPSA) is 111 Å². The molecule has 0 spiro atoms. The van der Waals surface area contributed by atoms with Crippen LogP contribution in [-0.4, -0.2) is 33.2 Å². The highest BCUT2D eigenvalue weighted by Gasteiger charge is 2.43. The van der Waals surface area contributed by atoms with Crippen molar-refractivity contribution in [3.8, 4) is 0 Å². The monoisotopic (exact) mass is 265 g/mol. The van der Waals surface area contributed by atoms with Gasteiger partial charge in [-0.25, -0.2) is 9.52 Å². The Hall–Kier alpha value is -0.860. The van der Waals surface area contributed by atoms with Gasteiger partial charge in [0.25, 0.3) is 0 Å². The number of nitrogens with one attached hydrogen (secondary N) is 2. The van der Waals surface area contributed by atoms with Crippen LogP contribution in [0.25, 0.3) is 0 Å². The van der Waals surface area contributed by atoms with Gasteiger partial charge in [0.1, 0.15) is 0 Å². The summed E-state index contributed by atoms with van der Waals surface area (Å²) < 4.78 is 32.0. The molecule has 0 heterocycles. The minimum atomic E-state index is -3.93. The van der Waals surface area contributed by atoms with Crippen molar-refractivity contribution in [3.63, 3.8) is 0 Å². The van der Waals surface area contributed by atoms with Gasteiger partial charge in [0, 0.05) is 12.1 Å². The smallest absolute Gasteiger partial charge is 0.421 e. The molecule has 1 rings (SSSR count). The summed E-state index contributed by atoms with van der Waals surface area (Å²) in [6, 6.07) is 0. The van der Waals surface area contributed by atoms with Crippen molar-refractivity contribution in [1.29, 1.82) is 0 Å². The number of nitrogens with two attached hydrogens (primary N) is 1. The molecule has 0 radical (unpaired) electrons. The van der Waals surface area contributed by atoms with Crippen molar-refractivity contribution in [2.24, 2.45) is 11.7 Å². The summed E-state index contributed by atoms with van der Waals surface area (Å²) in [6.07, 6.45) is 0.890. The highest BCUT2D eigenvalue weighted by molar-refractivity contribution is 7.88. The molecule has 0 aromatic carbocycles. The number of carbonyl (C=O) groups excluding carboxylic acids is 1. The number of ether oxygens (including phenoxy) is 1. The van der Waals surface area contributed by atoms with Crippen LogP contribution in [0.4, 0.5) is 4.79 Å². The molecule has 0 aliphatic heterocycles. The van der Waals surface area contributed by atoms with Crippen molar-refractivity contribution in [2.75, 3.05) is 13.2 Å². The minimum absolute atomic E-state index is 0.109. The molecule has 17 heavy (non-hydrogen) atoms. The number of amides is 1. The molecule has 1 saturated carbocycles. The Morgan fingerprint density at radius 1 is 1.53 bits per heavy atom. The van der Waals surface area contributed by atoms with Crippen molar-refractivity contribution in [3.05, 3.63) is 0 Å². The van der Waals surface area contributed by atoms with Gasteiger partial charge in [-0.3, -0.25) is 0 Å². The molecule has 1 atom stereocenters. The van der Waals surface area contributed by atoms with Crippen molar-refractivity contribution < 1.29 is 17.9 Å².